The van der Waals surface area contributed by atoms with Crippen LogP contribution < -0.4 is 10.1 Å². The lowest BCUT2D eigenvalue weighted by Gasteiger charge is -2.11. The zero-order chi connectivity index (χ0) is 19.4. The van der Waals surface area contributed by atoms with Crippen LogP contribution in [-0.2, 0) is 9.53 Å². The average Bonchev–Trinajstić information content (AvgIpc) is 2.58. The summed E-state index contributed by atoms with van der Waals surface area (Å²) in [6.45, 7) is 1.25. The fraction of sp³-hybridized carbons (Fsp3) is 0.118. The number of carbonyl (C=O) groups is 3. The summed E-state index contributed by atoms with van der Waals surface area (Å²) in [6, 6.07) is 6.42. The molecule has 2 rings (SSSR count). The van der Waals surface area contributed by atoms with Gasteiger partial charge in [-0.05, 0) is 62.2 Å². The summed E-state index contributed by atoms with van der Waals surface area (Å²) in [4.78, 5) is 34.8. The highest BCUT2D eigenvalue weighted by Crippen LogP contribution is 2.35. The Morgan fingerprint density at radius 2 is 1.65 bits per heavy atom. The maximum absolute atomic E-state index is 14.1. The zero-order valence-corrected chi connectivity index (χ0v) is 16.7. The normalized spacial score (nSPS) is 10.2. The molecule has 0 aliphatic rings. The number of amides is 1. The number of carbonyl (C=O) groups excluding carboxylic acids is 3. The van der Waals surface area contributed by atoms with Gasteiger partial charge in [-0.1, -0.05) is 0 Å². The molecule has 6 nitrogen and oxygen atoms in total. The van der Waals surface area contributed by atoms with Crippen LogP contribution in [0.4, 0.5) is 10.1 Å². The Balaban J connectivity index is 2.25. The lowest BCUT2D eigenvalue weighted by Crippen LogP contribution is -2.14. The number of esters is 2. The van der Waals surface area contributed by atoms with Gasteiger partial charge < -0.3 is 14.8 Å². The van der Waals surface area contributed by atoms with Gasteiger partial charge in [0.2, 0.25) is 0 Å². The van der Waals surface area contributed by atoms with E-state index in [4.69, 9.17) is 4.74 Å². The molecule has 0 bridgehead atoms. The maximum Gasteiger partial charge on any atom is 0.337 e. The highest BCUT2D eigenvalue weighted by Gasteiger charge is 2.17. The van der Waals surface area contributed by atoms with E-state index in [-0.39, 0.29) is 22.6 Å². The van der Waals surface area contributed by atoms with E-state index in [1.807, 2.05) is 0 Å². The molecular weight excluding hydrogens is 477 g/mol. The Bertz CT molecular complexity index is 878. The maximum atomic E-state index is 14.1. The number of ether oxygens (including phenoxy) is 2. The molecule has 0 saturated heterocycles. The second-order valence-electron chi connectivity index (χ2n) is 5.00. The van der Waals surface area contributed by atoms with Crippen LogP contribution in [0, 0.1) is 5.82 Å². The fourth-order valence-electron chi connectivity index (χ4n) is 1.99. The first-order valence-corrected chi connectivity index (χ1v) is 8.68. The second-order valence-corrected chi connectivity index (χ2v) is 6.71. The molecule has 1 amide bonds. The number of rotatable bonds is 4. The molecule has 0 spiro atoms. The molecule has 9 heteroatoms. The lowest BCUT2D eigenvalue weighted by molar-refractivity contribution is -0.131. The summed E-state index contributed by atoms with van der Waals surface area (Å²) in [7, 11) is 1.19. The van der Waals surface area contributed by atoms with Gasteiger partial charge in [0.25, 0.3) is 5.91 Å². The van der Waals surface area contributed by atoms with E-state index in [1.54, 1.807) is 0 Å². The van der Waals surface area contributed by atoms with E-state index in [9.17, 15) is 18.8 Å². The lowest BCUT2D eigenvalue weighted by atomic mass is 10.1. The molecule has 0 fully saturated rings. The zero-order valence-electron chi connectivity index (χ0n) is 13.6. The summed E-state index contributed by atoms with van der Waals surface area (Å²) in [5.41, 5.74) is 0.120. The van der Waals surface area contributed by atoms with E-state index >= 15 is 0 Å². The summed E-state index contributed by atoms with van der Waals surface area (Å²) in [5.74, 6) is -2.35. The van der Waals surface area contributed by atoms with Crippen molar-refractivity contribution in [2.24, 2.45) is 0 Å². The third kappa shape index (κ3) is 4.67. The molecule has 0 heterocycles. The molecule has 136 valence electrons. The fourth-order valence-corrected chi connectivity index (χ4v) is 3.34. The minimum Gasteiger partial charge on any atom is -0.465 e. The molecule has 0 radical (unpaired) electrons. The van der Waals surface area contributed by atoms with E-state index in [1.165, 1.54) is 38.3 Å². The summed E-state index contributed by atoms with van der Waals surface area (Å²) in [6.07, 6.45) is 0. The summed E-state index contributed by atoms with van der Waals surface area (Å²) in [5, 5.41) is 2.41. The van der Waals surface area contributed by atoms with Crippen molar-refractivity contribution >= 4 is 55.4 Å². The summed E-state index contributed by atoms with van der Waals surface area (Å²) < 4.78 is 24.4. The molecule has 0 aliphatic heterocycles. The van der Waals surface area contributed by atoms with Crippen LogP contribution >= 0.6 is 31.9 Å². The largest absolute Gasteiger partial charge is 0.465 e. The SMILES string of the molecule is COC(=O)c1ccc(NC(=O)c2cc(Br)c(OC(C)=O)c(Br)c2)c(F)c1. The minimum absolute atomic E-state index is 0.0271. The number of hydrogen-bond donors (Lipinski definition) is 1. The molecule has 1 N–H and O–H groups in total. The highest BCUT2D eigenvalue weighted by atomic mass is 79.9. The van der Waals surface area contributed by atoms with Crippen LogP contribution in [0.25, 0.3) is 0 Å². The number of halogens is 3. The van der Waals surface area contributed by atoms with E-state index in [0.29, 0.717) is 8.95 Å². The van der Waals surface area contributed by atoms with Gasteiger partial charge in [0.05, 0.1) is 27.3 Å². The predicted octanol–water partition coefficient (Wildman–Crippen LogP) is 4.31. The first-order valence-electron chi connectivity index (χ1n) is 7.09. The monoisotopic (exact) mass is 487 g/mol. The van der Waals surface area contributed by atoms with Crippen molar-refractivity contribution in [1.29, 1.82) is 0 Å². The Hall–Kier alpha value is -2.26. The van der Waals surface area contributed by atoms with Crippen LogP contribution in [0.2, 0.25) is 0 Å². The van der Waals surface area contributed by atoms with Crippen LogP contribution in [0.3, 0.4) is 0 Å². The number of hydrogen-bond acceptors (Lipinski definition) is 5. The second kappa shape index (κ2) is 8.41. The van der Waals surface area contributed by atoms with Gasteiger partial charge in [0, 0.05) is 12.5 Å². The van der Waals surface area contributed by atoms with Crippen LogP contribution in [-0.4, -0.2) is 25.0 Å². The van der Waals surface area contributed by atoms with Crippen molar-refractivity contribution in [2.75, 3.05) is 12.4 Å². The van der Waals surface area contributed by atoms with Gasteiger partial charge in [0.1, 0.15) is 5.82 Å². The summed E-state index contributed by atoms with van der Waals surface area (Å²) >= 11 is 6.43. The van der Waals surface area contributed by atoms with Gasteiger partial charge in [-0.15, -0.1) is 0 Å². The van der Waals surface area contributed by atoms with Crippen LogP contribution in [0.15, 0.2) is 39.3 Å². The Labute approximate surface area is 164 Å². The first-order chi connectivity index (χ1) is 12.2. The Morgan fingerprint density at radius 1 is 1.04 bits per heavy atom. The van der Waals surface area contributed by atoms with Gasteiger partial charge in [-0.2, -0.15) is 0 Å². The van der Waals surface area contributed by atoms with Crippen molar-refractivity contribution in [2.45, 2.75) is 6.92 Å². The highest BCUT2D eigenvalue weighted by molar-refractivity contribution is 9.11. The van der Waals surface area contributed by atoms with Crippen molar-refractivity contribution in [1.82, 2.24) is 0 Å². The molecular formula is C17H12Br2FNO5. The van der Waals surface area contributed by atoms with E-state index in [2.05, 4.69) is 41.9 Å². The quantitative estimate of drug-likeness (QED) is 0.512. The van der Waals surface area contributed by atoms with E-state index in [0.717, 1.165) is 6.07 Å². The van der Waals surface area contributed by atoms with Crippen LogP contribution in [0.5, 0.6) is 5.75 Å². The Kier molecular flexibility index (Phi) is 6.49. The third-order valence-electron chi connectivity index (χ3n) is 3.14. The number of methoxy groups -OCH3 is 1. The first kappa shape index (κ1) is 20.1. The number of benzene rings is 2. The molecule has 2 aromatic carbocycles. The van der Waals surface area contributed by atoms with Crippen LogP contribution in [0.1, 0.15) is 27.6 Å². The number of anilines is 1. The smallest absolute Gasteiger partial charge is 0.337 e. The predicted molar refractivity (Wildman–Crippen MR) is 98.8 cm³/mol. The number of nitrogens with one attached hydrogen (secondary N) is 1. The molecule has 26 heavy (non-hydrogen) atoms. The topological polar surface area (TPSA) is 81.7 Å². The average molecular weight is 489 g/mol. The van der Waals surface area contributed by atoms with Crippen molar-refractivity contribution in [3.05, 3.63) is 56.2 Å². The van der Waals surface area contributed by atoms with Gasteiger partial charge in [-0.3, -0.25) is 9.59 Å². The van der Waals surface area contributed by atoms with Gasteiger partial charge in [-0.25, -0.2) is 9.18 Å². The minimum atomic E-state index is -0.782. The molecule has 2 aromatic rings. The molecule has 0 aliphatic carbocycles. The van der Waals surface area contributed by atoms with Gasteiger partial charge >= 0.3 is 11.9 Å². The third-order valence-corrected chi connectivity index (χ3v) is 4.32. The molecule has 0 saturated carbocycles. The molecule has 0 aromatic heterocycles. The van der Waals surface area contributed by atoms with Crippen molar-refractivity contribution in [3.8, 4) is 5.75 Å². The molecule has 0 unspecified atom stereocenters. The molecule has 0 atom stereocenters. The Morgan fingerprint density at radius 3 is 2.15 bits per heavy atom. The van der Waals surface area contributed by atoms with Crippen molar-refractivity contribution < 1.29 is 28.2 Å². The standard InChI is InChI=1S/C17H12Br2FNO5/c1-8(22)26-15-11(18)5-10(6-12(15)19)16(23)21-14-4-3-9(7-13(14)20)17(24)25-2/h3-7H,1-2H3,(H,21,23). The van der Waals surface area contributed by atoms with Crippen molar-refractivity contribution in [3.63, 3.8) is 0 Å². The van der Waals surface area contributed by atoms with Gasteiger partial charge in [0.15, 0.2) is 5.75 Å². The van der Waals surface area contributed by atoms with E-state index < -0.39 is 23.7 Å².